The van der Waals surface area contributed by atoms with Gasteiger partial charge in [0.1, 0.15) is 0 Å². The Morgan fingerprint density at radius 2 is 1.51 bits per heavy atom. The molecule has 0 bridgehead atoms. The molecule has 5 rings (SSSR count). The molecule has 0 atom stereocenters. The standard InChI is InChI=1S/C29H22N4O6S2/c1-18-15-21(16-27-28(34)30(29(35)41-27)17-20-5-3-4-6-26(20)33(38)39)19(2)31(18)22-7-11-24(12-8-22)40-25-13-9-23(10-14-25)32(36)37/h3-16H,17H2,1-2H3/b27-16-. The van der Waals surface area contributed by atoms with Gasteiger partial charge in [0.15, 0.2) is 0 Å². The molecule has 206 valence electrons. The van der Waals surface area contributed by atoms with Crippen molar-refractivity contribution in [2.75, 3.05) is 0 Å². The smallest absolute Gasteiger partial charge is 0.293 e. The molecule has 10 nitrogen and oxygen atoms in total. The second kappa shape index (κ2) is 11.4. The highest BCUT2D eigenvalue weighted by Crippen LogP contribution is 2.36. The maximum Gasteiger partial charge on any atom is 0.293 e. The summed E-state index contributed by atoms with van der Waals surface area (Å²) >= 11 is 2.31. The Bertz CT molecular complexity index is 1730. The summed E-state index contributed by atoms with van der Waals surface area (Å²) in [7, 11) is 0. The van der Waals surface area contributed by atoms with Crippen molar-refractivity contribution in [3.8, 4) is 5.69 Å². The lowest BCUT2D eigenvalue weighted by molar-refractivity contribution is -0.385. The summed E-state index contributed by atoms with van der Waals surface area (Å²) in [5.41, 5.74) is 3.70. The first kappa shape index (κ1) is 27.9. The number of carbonyl (C=O) groups excluding carboxylic acids is 2. The minimum Gasteiger partial charge on any atom is -0.318 e. The molecule has 4 aromatic rings. The van der Waals surface area contributed by atoms with E-state index < -0.39 is 21.0 Å². The van der Waals surface area contributed by atoms with Crippen LogP contribution < -0.4 is 0 Å². The SMILES string of the molecule is Cc1cc(/C=C2\SC(=O)N(Cc3ccccc3[N+](=O)[O-])C2=O)c(C)n1-c1ccc(Sc2ccc([N+](=O)[O-])cc2)cc1. The zero-order chi connectivity index (χ0) is 29.3. The lowest BCUT2D eigenvalue weighted by Gasteiger charge is -2.12. The molecule has 12 heteroatoms. The topological polar surface area (TPSA) is 129 Å². The Kier molecular flexibility index (Phi) is 7.77. The van der Waals surface area contributed by atoms with Gasteiger partial charge in [-0.15, -0.1) is 0 Å². The molecule has 1 saturated heterocycles. The summed E-state index contributed by atoms with van der Waals surface area (Å²) in [4.78, 5) is 50.2. The first-order valence-corrected chi connectivity index (χ1v) is 13.9. The van der Waals surface area contributed by atoms with Crippen LogP contribution in [-0.4, -0.2) is 30.5 Å². The van der Waals surface area contributed by atoms with E-state index in [4.69, 9.17) is 0 Å². The van der Waals surface area contributed by atoms with E-state index in [1.807, 2.05) is 48.7 Å². The van der Waals surface area contributed by atoms with Gasteiger partial charge in [0.25, 0.3) is 22.5 Å². The fraction of sp³-hybridized carbons (Fsp3) is 0.103. The number of hydrogen-bond donors (Lipinski definition) is 0. The number of rotatable bonds is 8. The van der Waals surface area contributed by atoms with Crippen LogP contribution in [0.4, 0.5) is 16.2 Å². The highest BCUT2D eigenvalue weighted by atomic mass is 32.2. The number of nitro benzene ring substituents is 2. The van der Waals surface area contributed by atoms with E-state index >= 15 is 0 Å². The van der Waals surface area contributed by atoms with E-state index in [1.54, 1.807) is 24.3 Å². The van der Waals surface area contributed by atoms with Crippen molar-refractivity contribution in [3.63, 3.8) is 0 Å². The number of thioether (sulfide) groups is 1. The number of aromatic nitrogens is 1. The molecule has 0 aliphatic carbocycles. The van der Waals surface area contributed by atoms with Crippen molar-refractivity contribution in [2.24, 2.45) is 0 Å². The van der Waals surface area contributed by atoms with Crippen LogP contribution in [0.5, 0.6) is 0 Å². The number of nitrogens with zero attached hydrogens (tertiary/aromatic N) is 4. The largest absolute Gasteiger partial charge is 0.318 e. The van der Waals surface area contributed by atoms with Crippen LogP contribution >= 0.6 is 23.5 Å². The first-order chi connectivity index (χ1) is 19.6. The Labute approximate surface area is 243 Å². The highest BCUT2D eigenvalue weighted by molar-refractivity contribution is 8.18. The number of imide groups is 1. The Morgan fingerprint density at radius 1 is 0.878 bits per heavy atom. The minimum absolute atomic E-state index is 0.0453. The third-order valence-corrected chi connectivity index (χ3v) is 8.45. The number of nitro groups is 2. The fourth-order valence-corrected chi connectivity index (χ4v) is 6.18. The van der Waals surface area contributed by atoms with Gasteiger partial charge in [0.2, 0.25) is 0 Å². The fourth-order valence-electron chi connectivity index (χ4n) is 4.54. The molecule has 2 amide bonds. The van der Waals surface area contributed by atoms with Gasteiger partial charge in [-0.05, 0) is 79.7 Å². The first-order valence-electron chi connectivity index (χ1n) is 12.3. The van der Waals surface area contributed by atoms with Crippen molar-refractivity contribution >= 4 is 52.1 Å². The molecule has 3 aromatic carbocycles. The van der Waals surface area contributed by atoms with Crippen molar-refractivity contribution in [3.05, 3.63) is 127 Å². The maximum absolute atomic E-state index is 13.1. The molecule has 0 radical (unpaired) electrons. The minimum atomic E-state index is -0.528. The van der Waals surface area contributed by atoms with E-state index in [2.05, 4.69) is 0 Å². The molecule has 0 N–H and O–H groups in total. The van der Waals surface area contributed by atoms with Gasteiger partial charge in [0, 0.05) is 50.6 Å². The van der Waals surface area contributed by atoms with E-state index in [0.29, 0.717) is 0 Å². The lowest BCUT2D eigenvalue weighted by Crippen LogP contribution is -2.27. The predicted octanol–water partition coefficient (Wildman–Crippen LogP) is 7.30. The van der Waals surface area contributed by atoms with Gasteiger partial charge in [-0.2, -0.15) is 0 Å². The Balaban J connectivity index is 1.34. The highest BCUT2D eigenvalue weighted by Gasteiger charge is 2.36. The molecule has 1 aromatic heterocycles. The van der Waals surface area contributed by atoms with E-state index in [9.17, 15) is 29.8 Å². The molecular formula is C29H22N4O6S2. The van der Waals surface area contributed by atoms with Crippen LogP contribution in [0.1, 0.15) is 22.5 Å². The molecule has 0 saturated carbocycles. The summed E-state index contributed by atoms with van der Waals surface area (Å²) < 4.78 is 2.05. The van der Waals surface area contributed by atoms with Crippen molar-refractivity contribution < 1.29 is 19.4 Å². The number of benzene rings is 3. The number of carbonyl (C=O) groups is 2. The van der Waals surface area contributed by atoms with Crippen LogP contribution in [0.3, 0.4) is 0 Å². The van der Waals surface area contributed by atoms with Gasteiger partial charge < -0.3 is 4.57 Å². The number of non-ortho nitro benzene ring substituents is 1. The normalized spacial score (nSPS) is 14.2. The number of hydrogen-bond acceptors (Lipinski definition) is 8. The Hall–Kier alpha value is -4.68. The third-order valence-electron chi connectivity index (χ3n) is 6.53. The van der Waals surface area contributed by atoms with Gasteiger partial charge in [-0.25, -0.2) is 0 Å². The van der Waals surface area contributed by atoms with Crippen molar-refractivity contribution in [1.29, 1.82) is 0 Å². The summed E-state index contributed by atoms with van der Waals surface area (Å²) in [6, 6.07) is 22.2. The molecule has 0 unspecified atom stereocenters. The lowest BCUT2D eigenvalue weighted by atomic mass is 10.1. The quantitative estimate of drug-likeness (QED) is 0.119. The zero-order valence-corrected chi connectivity index (χ0v) is 23.5. The Morgan fingerprint density at radius 3 is 2.15 bits per heavy atom. The zero-order valence-electron chi connectivity index (χ0n) is 21.8. The molecule has 1 aliphatic heterocycles. The second-order valence-electron chi connectivity index (χ2n) is 9.16. The van der Waals surface area contributed by atoms with E-state index in [0.717, 1.165) is 49.1 Å². The third kappa shape index (κ3) is 5.79. The van der Waals surface area contributed by atoms with Crippen LogP contribution in [0.2, 0.25) is 0 Å². The van der Waals surface area contributed by atoms with Crippen LogP contribution in [0.15, 0.2) is 93.6 Å². The van der Waals surface area contributed by atoms with Crippen molar-refractivity contribution in [2.45, 2.75) is 30.2 Å². The van der Waals surface area contributed by atoms with Gasteiger partial charge in [-0.1, -0.05) is 30.0 Å². The molecule has 2 heterocycles. The molecule has 1 fully saturated rings. The second-order valence-corrected chi connectivity index (χ2v) is 11.3. The van der Waals surface area contributed by atoms with Gasteiger partial charge in [0.05, 0.1) is 21.3 Å². The number of para-hydroxylation sites is 1. The van der Waals surface area contributed by atoms with E-state index in [1.165, 1.54) is 42.1 Å². The van der Waals surface area contributed by atoms with Gasteiger partial charge in [-0.3, -0.25) is 34.7 Å². The predicted molar refractivity (Wildman–Crippen MR) is 157 cm³/mol. The maximum atomic E-state index is 13.1. The van der Waals surface area contributed by atoms with Crippen LogP contribution in [0.25, 0.3) is 11.8 Å². The summed E-state index contributed by atoms with van der Waals surface area (Å²) in [6.45, 7) is 3.70. The average Bonchev–Trinajstić information content (AvgIpc) is 3.38. The summed E-state index contributed by atoms with van der Waals surface area (Å²) in [5, 5.41) is 21.8. The summed E-state index contributed by atoms with van der Waals surface area (Å²) in [5.74, 6) is -0.490. The van der Waals surface area contributed by atoms with Gasteiger partial charge >= 0.3 is 0 Å². The molecular weight excluding hydrogens is 564 g/mol. The number of amides is 2. The van der Waals surface area contributed by atoms with Crippen LogP contribution in [-0.2, 0) is 11.3 Å². The molecule has 1 aliphatic rings. The monoisotopic (exact) mass is 586 g/mol. The molecule has 41 heavy (non-hydrogen) atoms. The van der Waals surface area contributed by atoms with Crippen molar-refractivity contribution in [1.82, 2.24) is 9.47 Å². The van der Waals surface area contributed by atoms with E-state index in [-0.39, 0.29) is 28.4 Å². The summed E-state index contributed by atoms with van der Waals surface area (Å²) in [6.07, 6.45) is 1.68. The van der Waals surface area contributed by atoms with Crippen LogP contribution in [0, 0.1) is 34.1 Å². The molecule has 0 spiro atoms. The average molecular weight is 587 g/mol. The number of aryl methyl sites for hydroxylation is 1.